The Balaban J connectivity index is 1.91. The van der Waals surface area contributed by atoms with Gasteiger partial charge >= 0.3 is 23.9 Å². The number of benzene rings is 3. The van der Waals surface area contributed by atoms with Crippen molar-refractivity contribution in [1.82, 2.24) is 0 Å². The monoisotopic (exact) mass is 511 g/mol. The van der Waals surface area contributed by atoms with Crippen LogP contribution in [-0.4, -0.2) is 24.2 Å². The Morgan fingerprint density at radius 2 is 1.31 bits per heavy atom. The summed E-state index contributed by atoms with van der Waals surface area (Å²) in [5.41, 5.74) is -6.61. The Bertz CT molecular complexity index is 1220. The quantitative estimate of drug-likeness (QED) is 0.229. The molecule has 3 rings (SSSR count). The Labute approximate surface area is 200 Å². The molecule has 0 saturated carbocycles. The van der Waals surface area contributed by atoms with Gasteiger partial charge in [0.1, 0.15) is 5.82 Å². The smallest absolute Gasteiger partial charge is 0.431 e. The van der Waals surface area contributed by atoms with Crippen LogP contribution >= 0.6 is 0 Å². The summed E-state index contributed by atoms with van der Waals surface area (Å²) in [6.07, 6.45) is -9.66. The van der Waals surface area contributed by atoms with E-state index >= 15 is 0 Å². The molecule has 0 fully saturated rings. The van der Waals surface area contributed by atoms with Gasteiger partial charge in [0, 0.05) is 17.3 Å². The van der Waals surface area contributed by atoms with Gasteiger partial charge in [-0.25, -0.2) is 9.18 Å². The summed E-state index contributed by atoms with van der Waals surface area (Å²) in [4.78, 5) is 24.3. The summed E-state index contributed by atoms with van der Waals surface area (Å²) in [6.45, 7) is 0. The van der Waals surface area contributed by atoms with Gasteiger partial charge in [-0.15, -0.1) is 0 Å². The van der Waals surface area contributed by atoms with Crippen molar-refractivity contribution >= 4 is 23.6 Å². The van der Waals surface area contributed by atoms with E-state index in [2.05, 4.69) is 10.1 Å². The SMILES string of the molecule is O=C(/C=C/c1ccccc1)Nc1ccc(C(OC(=O)c2ccc(F)cc2)(C(F)(F)F)C(F)(F)F)cc1. The number of hydrogen-bond acceptors (Lipinski definition) is 3. The first-order valence-electron chi connectivity index (χ1n) is 10.1. The third-order valence-electron chi connectivity index (χ3n) is 4.91. The molecule has 1 N–H and O–H groups in total. The number of rotatable bonds is 6. The number of nitrogens with one attached hydrogen (secondary N) is 1. The lowest BCUT2D eigenvalue weighted by Gasteiger charge is -2.36. The molecular weight excluding hydrogens is 495 g/mol. The third kappa shape index (κ3) is 5.73. The van der Waals surface area contributed by atoms with Gasteiger partial charge < -0.3 is 10.1 Å². The molecule has 0 aromatic heterocycles. The third-order valence-corrected chi connectivity index (χ3v) is 4.91. The van der Waals surface area contributed by atoms with Gasteiger partial charge in [0.25, 0.3) is 0 Å². The Kier molecular flexibility index (Phi) is 7.51. The number of halogens is 7. The molecule has 1 amide bonds. The van der Waals surface area contributed by atoms with Crippen LogP contribution in [0.25, 0.3) is 6.08 Å². The van der Waals surface area contributed by atoms with Gasteiger partial charge in [-0.1, -0.05) is 42.5 Å². The maximum atomic E-state index is 13.9. The van der Waals surface area contributed by atoms with E-state index in [0.29, 0.717) is 42.0 Å². The van der Waals surface area contributed by atoms with Gasteiger partial charge in [-0.2, -0.15) is 26.3 Å². The molecule has 0 spiro atoms. The predicted octanol–water partition coefficient (Wildman–Crippen LogP) is 6.65. The van der Waals surface area contributed by atoms with Crippen LogP contribution in [0.5, 0.6) is 0 Å². The molecule has 0 saturated heterocycles. The van der Waals surface area contributed by atoms with E-state index in [4.69, 9.17) is 0 Å². The molecule has 0 aliphatic carbocycles. The van der Waals surface area contributed by atoms with Gasteiger partial charge in [0.15, 0.2) is 0 Å². The zero-order valence-electron chi connectivity index (χ0n) is 18.0. The first-order valence-corrected chi connectivity index (χ1v) is 10.1. The zero-order chi connectivity index (χ0) is 26.6. The number of carbonyl (C=O) groups is 2. The Morgan fingerprint density at radius 3 is 1.83 bits per heavy atom. The summed E-state index contributed by atoms with van der Waals surface area (Å²) in [5, 5.41) is 2.31. The van der Waals surface area contributed by atoms with Crippen LogP contribution in [-0.2, 0) is 15.1 Å². The zero-order valence-corrected chi connectivity index (χ0v) is 18.0. The molecule has 0 aliphatic rings. The summed E-state index contributed by atoms with van der Waals surface area (Å²) in [5.74, 6) is -3.51. The van der Waals surface area contributed by atoms with Crippen molar-refractivity contribution in [3.63, 3.8) is 0 Å². The summed E-state index contributed by atoms with van der Waals surface area (Å²) in [7, 11) is 0. The second kappa shape index (κ2) is 10.2. The minimum atomic E-state index is -6.12. The topological polar surface area (TPSA) is 55.4 Å². The molecule has 0 atom stereocenters. The van der Waals surface area contributed by atoms with Crippen molar-refractivity contribution < 1.29 is 45.1 Å². The van der Waals surface area contributed by atoms with E-state index in [1.54, 1.807) is 30.3 Å². The molecule has 0 radical (unpaired) electrons. The predicted molar refractivity (Wildman–Crippen MR) is 116 cm³/mol. The van der Waals surface area contributed by atoms with Crippen LogP contribution in [0.3, 0.4) is 0 Å². The standard InChI is InChI=1S/C25H16F7NO3/c26-19-11-7-17(8-12-19)22(35)36-23(24(27,28)29,25(30,31)32)18-9-13-20(14-10-18)33-21(34)15-6-16-4-2-1-3-5-16/h1-15H,(H,33,34)/b15-6+. The van der Waals surface area contributed by atoms with E-state index in [9.17, 15) is 40.3 Å². The van der Waals surface area contributed by atoms with Crippen molar-refractivity contribution in [2.45, 2.75) is 18.0 Å². The average molecular weight is 511 g/mol. The fourth-order valence-electron chi connectivity index (χ4n) is 3.15. The number of anilines is 1. The molecule has 3 aromatic carbocycles. The normalized spacial score (nSPS) is 12.4. The number of esters is 1. The van der Waals surface area contributed by atoms with Crippen LogP contribution in [0.1, 0.15) is 21.5 Å². The molecule has 0 bridgehead atoms. The van der Waals surface area contributed by atoms with Crippen molar-refractivity contribution in [2.24, 2.45) is 0 Å². The number of alkyl halides is 6. The molecule has 188 valence electrons. The van der Waals surface area contributed by atoms with E-state index in [1.165, 1.54) is 6.08 Å². The second-order valence-electron chi connectivity index (χ2n) is 7.38. The lowest BCUT2D eigenvalue weighted by Crippen LogP contribution is -2.56. The van der Waals surface area contributed by atoms with E-state index < -0.39 is 46.8 Å². The number of hydrogen-bond donors (Lipinski definition) is 1. The highest BCUT2D eigenvalue weighted by molar-refractivity contribution is 6.01. The largest absolute Gasteiger partial charge is 0.442 e. The van der Waals surface area contributed by atoms with Crippen molar-refractivity contribution in [2.75, 3.05) is 5.32 Å². The van der Waals surface area contributed by atoms with Gasteiger partial charge in [0.05, 0.1) is 5.56 Å². The first kappa shape index (κ1) is 26.5. The second-order valence-corrected chi connectivity index (χ2v) is 7.38. The lowest BCUT2D eigenvalue weighted by molar-refractivity contribution is -0.373. The van der Waals surface area contributed by atoms with Crippen LogP contribution in [0.4, 0.5) is 36.4 Å². The fourth-order valence-corrected chi connectivity index (χ4v) is 3.15. The van der Waals surface area contributed by atoms with Gasteiger partial charge in [0.2, 0.25) is 5.91 Å². The summed E-state index contributed by atoms with van der Waals surface area (Å²) >= 11 is 0. The molecule has 4 nitrogen and oxygen atoms in total. The fraction of sp³-hybridized carbons (Fsp3) is 0.120. The Hall–Kier alpha value is -4.15. The highest BCUT2D eigenvalue weighted by Gasteiger charge is 2.75. The molecule has 11 heteroatoms. The lowest BCUT2D eigenvalue weighted by atomic mass is 9.91. The molecular formula is C25H16F7NO3. The highest BCUT2D eigenvalue weighted by atomic mass is 19.4. The molecule has 0 aliphatic heterocycles. The minimum absolute atomic E-state index is 0.107. The van der Waals surface area contributed by atoms with Crippen LogP contribution in [0.15, 0.2) is 84.9 Å². The van der Waals surface area contributed by atoms with Gasteiger partial charge in [-0.05, 0) is 48.0 Å². The number of ether oxygens (including phenoxy) is 1. The van der Waals surface area contributed by atoms with E-state index in [0.717, 1.165) is 18.2 Å². The van der Waals surface area contributed by atoms with Crippen LogP contribution in [0, 0.1) is 5.82 Å². The van der Waals surface area contributed by atoms with Crippen molar-refractivity contribution in [1.29, 1.82) is 0 Å². The number of amides is 1. The molecule has 0 heterocycles. The summed E-state index contributed by atoms with van der Waals surface area (Å²) < 4.78 is 101. The molecule has 0 unspecified atom stereocenters. The Morgan fingerprint density at radius 1 is 0.750 bits per heavy atom. The maximum absolute atomic E-state index is 13.9. The maximum Gasteiger partial charge on any atom is 0.442 e. The highest BCUT2D eigenvalue weighted by Crippen LogP contribution is 2.53. The van der Waals surface area contributed by atoms with Crippen molar-refractivity contribution in [3.05, 3.63) is 107 Å². The van der Waals surface area contributed by atoms with Crippen LogP contribution in [0.2, 0.25) is 0 Å². The minimum Gasteiger partial charge on any atom is -0.431 e. The molecule has 3 aromatic rings. The average Bonchev–Trinajstić information content (AvgIpc) is 2.81. The number of carbonyl (C=O) groups excluding carboxylic acids is 2. The van der Waals surface area contributed by atoms with Crippen molar-refractivity contribution in [3.8, 4) is 0 Å². The van der Waals surface area contributed by atoms with E-state index in [1.807, 2.05) is 0 Å². The van der Waals surface area contributed by atoms with Crippen LogP contribution < -0.4 is 5.32 Å². The summed E-state index contributed by atoms with van der Waals surface area (Å²) in [6, 6.07) is 13.9. The molecule has 36 heavy (non-hydrogen) atoms. The van der Waals surface area contributed by atoms with E-state index in [-0.39, 0.29) is 5.69 Å². The van der Waals surface area contributed by atoms with Gasteiger partial charge in [-0.3, -0.25) is 4.79 Å². The first-order chi connectivity index (χ1) is 16.8.